The molecule has 1 atom stereocenters. The van der Waals surface area contributed by atoms with E-state index in [1.54, 1.807) is 19.0 Å². The summed E-state index contributed by atoms with van der Waals surface area (Å²) in [5, 5.41) is 1.57. The first kappa shape index (κ1) is 18.1. The summed E-state index contributed by atoms with van der Waals surface area (Å²) in [5.74, 6) is -0.456. The molecule has 0 fully saturated rings. The molecule has 0 heterocycles. The second-order valence-electron chi connectivity index (χ2n) is 5.03. The van der Waals surface area contributed by atoms with Gasteiger partial charge in [-0.25, -0.2) is 4.59 Å². The average Bonchev–Trinajstić information content (AvgIpc) is 2.25. The Hall–Kier alpha value is -0.920. The molecule has 0 aromatic rings. The molecule has 0 rings (SSSR count). The molecule has 1 unspecified atom stereocenters. The van der Waals surface area contributed by atoms with Crippen molar-refractivity contribution in [2.24, 2.45) is 0 Å². The Bertz CT molecular complexity index is 433. The number of carbonyl (C=O) groups excluding carboxylic acids is 1. The fraction of sp³-hybridized carbons (Fsp3) is 0.750. The number of hydrogen-bond donors (Lipinski definition) is 1. The van der Waals surface area contributed by atoms with Crippen molar-refractivity contribution in [2.75, 3.05) is 32.9 Å². The first-order chi connectivity index (χ1) is 8.53. The SMILES string of the molecule is C=C(C)C(=O)N(C)[N+](C)(CCC)CCCS(=O)(=O)O. The molecule has 1 amide bonds. The standard InChI is InChI=1S/C12H24N2O4S/c1-6-8-14(5,9-7-10-19(16,17)18)13(4)12(15)11(2)3/h2,6-10H2,1,3-5H3/p+1. The van der Waals surface area contributed by atoms with Crippen LogP contribution in [0.4, 0.5) is 0 Å². The number of rotatable bonds is 8. The van der Waals surface area contributed by atoms with E-state index in [1.807, 2.05) is 14.0 Å². The van der Waals surface area contributed by atoms with Crippen molar-refractivity contribution >= 4 is 16.0 Å². The van der Waals surface area contributed by atoms with Gasteiger partial charge >= 0.3 is 0 Å². The van der Waals surface area contributed by atoms with E-state index in [4.69, 9.17) is 4.55 Å². The molecule has 112 valence electrons. The molecule has 0 spiro atoms. The van der Waals surface area contributed by atoms with E-state index in [9.17, 15) is 13.2 Å². The third-order valence-electron chi connectivity index (χ3n) is 3.13. The van der Waals surface area contributed by atoms with Crippen molar-refractivity contribution in [3.05, 3.63) is 12.2 Å². The summed E-state index contributed by atoms with van der Waals surface area (Å²) in [6.45, 7) is 8.45. The first-order valence-electron chi connectivity index (χ1n) is 6.27. The van der Waals surface area contributed by atoms with E-state index in [0.717, 1.165) is 6.42 Å². The predicted octanol–water partition coefficient (Wildman–Crippen LogP) is 1.07. The molecule has 19 heavy (non-hydrogen) atoms. The number of carbonyl (C=O) groups is 1. The number of amides is 1. The quantitative estimate of drug-likeness (QED) is 0.314. The highest BCUT2D eigenvalue weighted by atomic mass is 32.2. The van der Waals surface area contributed by atoms with Crippen LogP contribution in [0.2, 0.25) is 0 Å². The van der Waals surface area contributed by atoms with Crippen LogP contribution in [0.5, 0.6) is 0 Å². The maximum atomic E-state index is 12.0. The van der Waals surface area contributed by atoms with Gasteiger partial charge in [0, 0.05) is 12.0 Å². The molecular weight excluding hydrogens is 268 g/mol. The van der Waals surface area contributed by atoms with Crippen molar-refractivity contribution < 1.29 is 22.4 Å². The molecule has 0 aromatic heterocycles. The summed E-state index contributed by atoms with van der Waals surface area (Å²) in [5.41, 5.74) is 0.442. The molecular formula is C12H25N2O4S+. The van der Waals surface area contributed by atoms with Crippen LogP contribution in [0, 0.1) is 0 Å². The lowest BCUT2D eigenvalue weighted by molar-refractivity contribution is -1.00. The third-order valence-corrected chi connectivity index (χ3v) is 3.94. The van der Waals surface area contributed by atoms with Gasteiger partial charge in [0.15, 0.2) is 0 Å². The normalized spacial score (nSPS) is 14.8. The highest BCUT2D eigenvalue weighted by Gasteiger charge is 2.31. The molecule has 0 aliphatic heterocycles. The predicted molar refractivity (Wildman–Crippen MR) is 74.8 cm³/mol. The number of likely N-dealkylation sites (N-methyl/N-ethyl adjacent to an activating group) is 1. The topological polar surface area (TPSA) is 74.7 Å². The van der Waals surface area contributed by atoms with Gasteiger partial charge in [-0.2, -0.15) is 13.4 Å². The van der Waals surface area contributed by atoms with Crippen LogP contribution in [0.25, 0.3) is 0 Å². The van der Waals surface area contributed by atoms with Gasteiger partial charge in [0.25, 0.3) is 16.0 Å². The van der Waals surface area contributed by atoms with Crippen LogP contribution in [0.3, 0.4) is 0 Å². The van der Waals surface area contributed by atoms with Crippen LogP contribution in [0.1, 0.15) is 26.7 Å². The van der Waals surface area contributed by atoms with Crippen LogP contribution >= 0.6 is 0 Å². The minimum absolute atomic E-state index is 0.164. The summed E-state index contributed by atoms with van der Waals surface area (Å²) < 4.78 is 30.5. The Morgan fingerprint density at radius 3 is 2.26 bits per heavy atom. The lowest BCUT2D eigenvalue weighted by Gasteiger charge is -2.40. The van der Waals surface area contributed by atoms with Crippen LogP contribution in [-0.2, 0) is 14.9 Å². The zero-order chi connectivity index (χ0) is 15.3. The summed E-state index contributed by atoms with van der Waals surface area (Å²) >= 11 is 0. The van der Waals surface area contributed by atoms with Gasteiger partial charge in [0.1, 0.15) is 13.1 Å². The van der Waals surface area contributed by atoms with Crippen LogP contribution in [-0.4, -0.2) is 61.4 Å². The fourth-order valence-corrected chi connectivity index (χ4v) is 2.47. The third kappa shape index (κ3) is 6.17. The Balaban J connectivity index is 4.83. The van der Waals surface area contributed by atoms with Crippen molar-refractivity contribution in [2.45, 2.75) is 26.7 Å². The molecule has 0 radical (unpaired) electrons. The van der Waals surface area contributed by atoms with Gasteiger partial charge < -0.3 is 0 Å². The molecule has 0 bridgehead atoms. The maximum Gasteiger partial charge on any atom is 0.293 e. The van der Waals surface area contributed by atoms with E-state index in [-0.39, 0.29) is 11.7 Å². The zero-order valence-electron chi connectivity index (χ0n) is 12.2. The minimum Gasteiger partial charge on any atom is -0.286 e. The molecule has 0 aliphatic carbocycles. The van der Waals surface area contributed by atoms with E-state index in [2.05, 4.69) is 6.58 Å². The van der Waals surface area contributed by atoms with Gasteiger partial charge in [0.05, 0.1) is 19.8 Å². The second-order valence-corrected chi connectivity index (χ2v) is 6.61. The molecule has 7 heteroatoms. The highest BCUT2D eigenvalue weighted by molar-refractivity contribution is 7.85. The van der Waals surface area contributed by atoms with Gasteiger partial charge in [-0.3, -0.25) is 9.35 Å². The summed E-state index contributed by atoms with van der Waals surface area (Å²) in [7, 11) is -0.405. The second kappa shape index (κ2) is 7.02. The van der Waals surface area contributed by atoms with Gasteiger partial charge in [-0.1, -0.05) is 13.5 Å². The molecule has 0 aliphatic rings. The Morgan fingerprint density at radius 2 is 1.89 bits per heavy atom. The molecule has 6 nitrogen and oxygen atoms in total. The first-order valence-corrected chi connectivity index (χ1v) is 7.88. The van der Waals surface area contributed by atoms with E-state index in [1.165, 1.54) is 0 Å². The molecule has 0 saturated heterocycles. The van der Waals surface area contributed by atoms with Crippen LogP contribution in [0.15, 0.2) is 12.2 Å². The molecule has 0 saturated carbocycles. The van der Waals surface area contributed by atoms with E-state index < -0.39 is 10.1 Å². The summed E-state index contributed by atoms with van der Waals surface area (Å²) in [6.07, 6.45) is 1.15. The van der Waals surface area contributed by atoms with Gasteiger partial charge in [-0.15, -0.1) is 0 Å². The number of nitrogens with zero attached hydrogens (tertiary/aromatic N) is 2. The average molecular weight is 293 g/mol. The Morgan fingerprint density at radius 1 is 1.37 bits per heavy atom. The Labute approximate surface area is 116 Å². The smallest absolute Gasteiger partial charge is 0.286 e. The number of hydrogen-bond acceptors (Lipinski definition) is 3. The largest absolute Gasteiger partial charge is 0.293 e. The molecule has 0 aromatic carbocycles. The summed E-state index contributed by atoms with van der Waals surface area (Å²) in [6, 6.07) is 0. The fourth-order valence-electron chi connectivity index (χ4n) is 1.98. The van der Waals surface area contributed by atoms with Crippen LogP contribution < -0.4 is 0 Å². The Kier molecular flexibility index (Phi) is 6.68. The maximum absolute atomic E-state index is 12.0. The monoisotopic (exact) mass is 293 g/mol. The molecule has 1 N–H and O–H groups in total. The van der Waals surface area contributed by atoms with E-state index >= 15 is 0 Å². The van der Waals surface area contributed by atoms with E-state index in [0.29, 0.717) is 29.7 Å². The number of quaternary nitrogens is 1. The van der Waals surface area contributed by atoms with Crippen molar-refractivity contribution in [3.8, 4) is 0 Å². The zero-order valence-corrected chi connectivity index (χ0v) is 13.0. The van der Waals surface area contributed by atoms with Gasteiger partial charge in [0.2, 0.25) is 0 Å². The van der Waals surface area contributed by atoms with Crippen molar-refractivity contribution in [1.82, 2.24) is 5.01 Å². The van der Waals surface area contributed by atoms with Gasteiger partial charge in [-0.05, 0) is 13.3 Å². The lowest BCUT2D eigenvalue weighted by Crippen LogP contribution is -2.59. The van der Waals surface area contributed by atoms with Crippen molar-refractivity contribution in [1.29, 1.82) is 0 Å². The lowest BCUT2D eigenvalue weighted by atomic mass is 10.3. The van der Waals surface area contributed by atoms with Crippen molar-refractivity contribution in [3.63, 3.8) is 0 Å². The minimum atomic E-state index is -3.95. The highest BCUT2D eigenvalue weighted by Crippen LogP contribution is 2.13. The summed E-state index contributed by atoms with van der Waals surface area (Å²) in [4.78, 5) is 12.0.